The summed E-state index contributed by atoms with van der Waals surface area (Å²) in [5, 5.41) is 3.56. The Hall–Kier alpha value is -2.39. The first-order valence-electron chi connectivity index (χ1n) is 7.92. The molecule has 0 amide bonds. The lowest BCUT2D eigenvalue weighted by Crippen LogP contribution is -2.40. The van der Waals surface area contributed by atoms with Crippen LogP contribution in [0, 0.1) is 0 Å². The lowest BCUT2D eigenvalue weighted by molar-refractivity contribution is 0.668. The molecular weight excluding hydrogens is 298 g/mol. The van der Waals surface area contributed by atoms with Gasteiger partial charge in [0.15, 0.2) is 5.58 Å². The molecule has 0 aliphatic heterocycles. The van der Waals surface area contributed by atoms with E-state index in [1.165, 1.54) is 16.1 Å². The summed E-state index contributed by atoms with van der Waals surface area (Å²) in [4.78, 5) is 5.01. The van der Waals surface area contributed by atoms with Gasteiger partial charge in [0.05, 0.1) is 0 Å². The lowest BCUT2D eigenvalue weighted by atomic mass is 10.1. The lowest BCUT2D eigenvalue weighted by Gasteiger charge is -2.16. The van der Waals surface area contributed by atoms with Gasteiger partial charge in [0.2, 0.25) is 0 Å². The number of furan rings is 1. The highest BCUT2D eigenvalue weighted by Gasteiger charge is 2.23. The summed E-state index contributed by atoms with van der Waals surface area (Å²) in [6, 6.07) is 20.8. The van der Waals surface area contributed by atoms with Crippen molar-refractivity contribution in [3.8, 4) is 11.3 Å². The number of benzene rings is 2. The minimum Gasteiger partial charge on any atom is -0.454 e. The molecule has 0 atom stereocenters. The molecule has 0 fully saturated rings. The van der Waals surface area contributed by atoms with Crippen LogP contribution in [0.2, 0.25) is 19.6 Å². The van der Waals surface area contributed by atoms with Crippen LogP contribution in [-0.4, -0.2) is 13.1 Å². The van der Waals surface area contributed by atoms with Crippen molar-refractivity contribution in [3.05, 3.63) is 60.7 Å². The van der Waals surface area contributed by atoms with Crippen LogP contribution in [-0.2, 0) is 0 Å². The third-order valence-corrected chi connectivity index (χ3v) is 5.97. The minimum atomic E-state index is -1.53. The van der Waals surface area contributed by atoms with Crippen LogP contribution in [0.25, 0.3) is 33.2 Å². The van der Waals surface area contributed by atoms with E-state index in [4.69, 9.17) is 9.40 Å². The molecule has 0 saturated heterocycles. The number of hydrogen-bond donors (Lipinski definition) is 0. The van der Waals surface area contributed by atoms with E-state index < -0.39 is 8.07 Å². The number of aromatic nitrogens is 1. The molecule has 3 heteroatoms. The zero-order valence-electron chi connectivity index (χ0n) is 13.6. The highest BCUT2D eigenvalue weighted by atomic mass is 28.3. The molecule has 2 aromatic carbocycles. The van der Waals surface area contributed by atoms with Crippen LogP contribution in [0.4, 0.5) is 0 Å². The molecule has 0 radical (unpaired) electrons. The van der Waals surface area contributed by atoms with Crippen LogP contribution in [0.15, 0.2) is 65.1 Å². The van der Waals surface area contributed by atoms with E-state index in [-0.39, 0.29) is 0 Å². The molecule has 2 aromatic heterocycles. The molecule has 0 aliphatic carbocycles. The Bertz CT molecular complexity index is 997. The van der Waals surface area contributed by atoms with Gasteiger partial charge >= 0.3 is 0 Å². The standard InChI is InChI=1S/C20H19NOSi/c1-23(2,3)18-13-16-15-11-7-8-12-17(15)22-20(16)19(21-18)14-9-5-4-6-10-14/h4-13H,1-3H3. The van der Waals surface area contributed by atoms with E-state index in [1.807, 2.05) is 30.3 Å². The van der Waals surface area contributed by atoms with Crippen molar-refractivity contribution in [2.45, 2.75) is 19.6 Å². The van der Waals surface area contributed by atoms with Gasteiger partial charge in [-0.1, -0.05) is 68.2 Å². The Balaban J connectivity index is 2.15. The van der Waals surface area contributed by atoms with E-state index in [1.54, 1.807) is 0 Å². The fraction of sp³-hybridized carbons (Fsp3) is 0.150. The second kappa shape index (κ2) is 5.07. The molecule has 2 nitrogen and oxygen atoms in total. The Morgan fingerprint density at radius 2 is 1.52 bits per heavy atom. The highest BCUT2D eigenvalue weighted by molar-refractivity contribution is 6.88. The van der Waals surface area contributed by atoms with Gasteiger partial charge in [-0.3, -0.25) is 4.98 Å². The molecular formula is C20H19NOSi. The first-order chi connectivity index (χ1) is 11.0. The van der Waals surface area contributed by atoms with Crippen molar-refractivity contribution in [1.29, 1.82) is 0 Å². The first kappa shape index (κ1) is 14.2. The number of rotatable bonds is 2. The van der Waals surface area contributed by atoms with E-state index in [0.29, 0.717) is 0 Å². The topological polar surface area (TPSA) is 26.0 Å². The van der Waals surface area contributed by atoms with E-state index >= 15 is 0 Å². The quantitative estimate of drug-likeness (QED) is 0.475. The molecule has 4 aromatic rings. The van der Waals surface area contributed by atoms with Gasteiger partial charge < -0.3 is 4.42 Å². The van der Waals surface area contributed by atoms with Crippen molar-refractivity contribution in [2.75, 3.05) is 0 Å². The fourth-order valence-corrected chi connectivity index (χ4v) is 3.93. The summed E-state index contributed by atoms with van der Waals surface area (Å²) < 4.78 is 6.16. The largest absolute Gasteiger partial charge is 0.454 e. The SMILES string of the molecule is C[Si](C)(C)c1cc2c(oc3ccccc32)c(-c2ccccc2)n1. The number of fused-ring (bicyclic) bond motifs is 3. The Morgan fingerprint density at radius 1 is 0.826 bits per heavy atom. The summed E-state index contributed by atoms with van der Waals surface area (Å²) in [5.41, 5.74) is 3.88. The van der Waals surface area contributed by atoms with Crippen molar-refractivity contribution in [2.24, 2.45) is 0 Å². The summed E-state index contributed by atoms with van der Waals surface area (Å²) in [7, 11) is -1.53. The van der Waals surface area contributed by atoms with Gasteiger partial charge in [-0.15, -0.1) is 0 Å². The van der Waals surface area contributed by atoms with Crippen molar-refractivity contribution in [1.82, 2.24) is 4.98 Å². The number of para-hydroxylation sites is 1. The predicted molar refractivity (Wildman–Crippen MR) is 99.9 cm³/mol. The second-order valence-electron chi connectivity index (χ2n) is 6.95. The van der Waals surface area contributed by atoms with Crippen molar-refractivity contribution in [3.63, 3.8) is 0 Å². The third-order valence-electron chi connectivity index (χ3n) is 4.18. The average molecular weight is 317 g/mol. The number of nitrogens with zero attached hydrogens (tertiary/aromatic N) is 1. The van der Waals surface area contributed by atoms with Crippen LogP contribution >= 0.6 is 0 Å². The summed E-state index contributed by atoms with van der Waals surface area (Å²) in [5.74, 6) is 0. The van der Waals surface area contributed by atoms with Gasteiger partial charge in [0.1, 0.15) is 19.4 Å². The summed E-state index contributed by atoms with van der Waals surface area (Å²) >= 11 is 0. The van der Waals surface area contributed by atoms with Crippen LogP contribution in [0.1, 0.15) is 0 Å². The molecule has 0 unspecified atom stereocenters. The van der Waals surface area contributed by atoms with Gasteiger partial charge in [-0.05, 0) is 12.1 Å². The van der Waals surface area contributed by atoms with E-state index in [2.05, 4.69) is 50.0 Å². The monoisotopic (exact) mass is 317 g/mol. The maximum absolute atomic E-state index is 6.16. The van der Waals surface area contributed by atoms with Crippen LogP contribution in [0.3, 0.4) is 0 Å². The van der Waals surface area contributed by atoms with Crippen LogP contribution < -0.4 is 5.32 Å². The van der Waals surface area contributed by atoms with E-state index in [0.717, 1.165) is 22.4 Å². The zero-order valence-corrected chi connectivity index (χ0v) is 14.6. The highest BCUT2D eigenvalue weighted by Crippen LogP contribution is 2.34. The zero-order chi connectivity index (χ0) is 16.0. The Labute approximate surface area is 136 Å². The van der Waals surface area contributed by atoms with Gasteiger partial charge in [-0.2, -0.15) is 0 Å². The third kappa shape index (κ3) is 2.37. The molecule has 0 aliphatic rings. The second-order valence-corrected chi connectivity index (χ2v) is 12.0. The Kier molecular flexibility index (Phi) is 3.13. The number of pyridine rings is 1. The van der Waals surface area contributed by atoms with Crippen LogP contribution in [0.5, 0.6) is 0 Å². The molecule has 0 spiro atoms. The summed E-state index contributed by atoms with van der Waals surface area (Å²) in [6.07, 6.45) is 0. The molecule has 0 bridgehead atoms. The normalized spacial score (nSPS) is 12.1. The maximum atomic E-state index is 6.16. The molecule has 114 valence electrons. The Morgan fingerprint density at radius 3 is 2.26 bits per heavy atom. The first-order valence-corrected chi connectivity index (χ1v) is 11.4. The number of hydrogen-bond acceptors (Lipinski definition) is 2. The fourth-order valence-electron chi connectivity index (χ4n) is 2.90. The molecule has 0 saturated carbocycles. The molecule has 4 rings (SSSR count). The molecule has 2 heterocycles. The van der Waals surface area contributed by atoms with E-state index in [9.17, 15) is 0 Å². The van der Waals surface area contributed by atoms with Crippen molar-refractivity contribution >= 4 is 35.3 Å². The van der Waals surface area contributed by atoms with Crippen molar-refractivity contribution < 1.29 is 4.42 Å². The smallest absolute Gasteiger partial charge is 0.161 e. The van der Waals surface area contributed by atoms with Gasteiger partial charge in [-0.25, -0.2) is 0 Å². The van der Waals surface area contributed by atoms with Gasteiger partial charge in [0, 0.05) is 21.7 Å². The minimum absolute atomic E-state index is 0.888. The maximum Gasteiger partial charge on any atom is 0.161 e. The molecule has 0 N–H and O–H groups in total. The summed E-state index contributed by atoms with van der Waals surface area (Å²) in [6.45, 7) is 6.99. The molecule has 23 heavy (non-hydrogen) atoms. The predicted octanol–water partition coefficient (Wildman–Crippen LogP) is 5.19. The average Bonchev–Trinajstić information content (AvgIpc) is 2.92. The van der Waals surface area contributed by atoms with Gasteiger partial charge in [0.25, 0.3) is 0 Å².